The van der Waals surface area contributed by atoms with Crippen molar-refractivity contribution >= 4 is 0 Å². The lowest BCUT2D eigenvalue weighted by atomic mass is 10.3. The minimum atomic E-state index is -0.00926. The van der Waals surface area contributed by atoms with Crippen LogP contribution in [0.4, 0.5) is 0 Å². The molecule has 0 saturated carbocycles. The monoisotopic (exact) mass is 138 g/mol. The molecule has 3 nitrogen and oxygen atoms in total. The molecule has 0 bridgehead atoms. The summed E-state index contributed by atoms with van der Waals surface area (Å²) in [5, 5.41) is 0. The lowest BCUT2D eigenvalue weighted by Gasteiger charge is -1.97. The molecule has 0 saturated heterocycles. The Morgan fingerprint density at radius 2 is 2.40 bits per heavy atom. The van der Waals surface area contributed by atoms with E-state index in [-0.39, 0.29) is 5.56 Å². The molecule has 0 atom stereocenters. The molecule has 3 heteroatoms. The van der Waals surface area contributed by atoms with E-state index in [2.05, 4.69) is 0 Å². The molecular weight excluding hydrogens is 128 g/mol. The van der Waals surface area contributed by atoms with E-state index in [1.807, 2.05) is 6.07 Å². The second kappa shape index (κ2) is 2.66. The summed E-state index contributed by atoms with van der Waals surface area (Å²) in [5.74, 6) is 0. The number of pyridine rings is 1. The van der Waals surface area contributed by atoms with Gasteiger partial charge in [-0.15, -0.1) is 0 Å². The zero-order valence-electron chi connectivity index (χ0n) is 5.87. The summed E-state index contributed by atoms with van der Waals surface area (Å²) < 4.78 is 1.52. The normalized spacial score (nSPS) is 9.80. The van der Waals surface area contributed by atoms with E-state index in [1.165, 1.54) is 4.57 Å². The van der Waals surface area contributed by atoms with Crippen molar-refractivity contribution in [3.63, 3.8) is 0 Å². The molecule has 0 fully saturated rings. The van der Waals surface area contributed by atoms with Crippen LogP contribution in [0.5, 0.6) is 0 Å². The van der Waals surface area contributed by atoms with Gasteiger partial charge in [0.15, 0.2) is 0 Å². The summed E-state index contributed by atoms with van der Waals surface area (Å²) in [7, 11) is 1.71. The summed E-state index contributed by atoms with van der Waals surface area (Å²) in [6, 6.07) is 3.55. The highest BCUT2D eigenvalue weighted by molar-refractivity contribution is 5.09. The van der Waals surface area contributed by atoms with Gasteiger partial charge in [-0.05, 0) is 6.07 Å². The molecule has 0 amide bonds. The molecule has 0 aliphatic heterocycles. The van der Waals surface area contributed by atoms with Crippen molar-refractivity contribution in [1.29, 1.82) is 0 Å². The maximum atomic E-state index is 11.1. The second-order valence-corrected chi connectivity index (χ2v) is 2.15. The average molecular weight is 138 g/mol. The fraction of sp³-hybridized carbons (Fsp3) is 0.286. The minimum absolute atomic E-state index is 0.00926. The predicted molar refractivity (Wildman–Crippen MR) is 39.6 cm³/mol. The van der Waals surface area contributed by atoms with E-state index in [9.17, 15) is 4.79 Å². The number of hydrogen-bond acceptors (Lipinski definition) is 2. The third-order valence-electron chi connectivity index (χ3n) is 1.42. The van der Waals surface area contributed by atoms with E-state index < -0.39 is 0 Å². The number of hydrogen-bond donors (Lipinski definition) is 1. The van der Waals surface area contributed by atoms with Crippen molar-refractivity contribution < 1.29 is 0 Å². The number of nitrogens with two attached hydrogens (primary N) is 1. The number of aromatic nitrogens is 1. The van der Waals surface area contributed by atoms with Gasteiger partial charge < -0.3 is 10.3 Å². The third-order valence-corrected chi connectivity index (χ3v) is 1.42. The Kier molecular flexibility index (Phi) is 1.87. The smallest absolute Gasteiger partial charge is 0.254 e. The average Bonchev–Trinajstić information content (AvgIpc) is 1.95. The molecule has 0 radical (unpaired) electrons. The second-order valence-electron chi connectivity index (χ2n) is 2.15. The Bertz CT molecular complexity index is 277. The van der Waals surface area contributed by atoms with Crippen molar-refractivity contribution in [2.45, 2.75) is 6.54 Å². The number of aryl methyl sites for hydroxylation is 1. The fourth-order valence-corrected chi connectivity index (χ4v) is 0.809. The van der Waals surface area contributed by atoms with Crippen molar-refractivity contribution in [3.05, 3.63) is 34.2 Å². The van der Waals surface area contributed by atoms with E-state index in [0.717, 1.165) is 0 Å². The van der Waals surface area contributed by atoms with Gasteiger partial charge in [0.2, 0.25) is 0 Å². The van der Waals surface area contributed by atoms with Crippen LogP contribution < -0.4 is 11.3 Å². The topological polar surface area (TPSA) is 48.0 Å². The van der Waals surface area contributed by atoms with E-state index in [4.69, 9.17) is 5.73 Å². The molecule has 0 aliphatic carbocycles. The Labute approximate surface area is 59.1 Å². The first-order valence-corrected chi connectivity index (χ1v) is 3.10. The Hall–Kier alpha value is -1.09. The highest BCUT2D eigenvalue weighted by Crippen LogP contribution is 1.86. The highest BCUT2D eigenvalue weighted by Gasteiger charge is 1.94. The molecule has 1 rings (SSSR count). The molecule has 10 heavy (non-hydrogen) atoms. The summed E-state index contributed by atoms with van der Waals surface area (Å²) in [4.78, 5) is 11.1. The van der Waals surface area contributed by atoms with Gasteiger partial charge in [0.1, 0.15) is 0 Å². The lowest BCUT2D eigenvalue weighted by molar-refractivity contribution is 0.830. The van der Waals surface area contributed by atoms with Crippen molar-refractivity contribution in [1.82, 2.24) is 4.57 Å². The molecule has 0 spiro atoms. The van der Waals surface area contributed by atoms with Crippen molar-refractivity contribution in [2.75, 3.05) is 0 Å². The molecule has 0 aliphatic rings. The number of nitrogens with zero attached hydrogens (tertiary/aromatic N) is 1. The van der Waals surface area contributed by atoms with Gasteiger partial charge in [-0.1, -0.05) is 6.07 Å². The minimum Gasteiger partial charge on any atom is -0.326 e. The molecule has 1 aromatic heterocycles. The molecule has 1 aromatic rings. The van der Waals surface area contributed by atoms with Gasteiger partial charge in [0.05, 0.1) is 0 Å². The summed E-state index contributed by atoms with van der Waals surface area (Å²) in [5.41, 5.74) is 5.95. The van der Waals surface area contributed by atoms with Crippen LogP contribution >= 0.6 is 0 Å². The summed E-state index contributed by atoms with van der Waals surface area (Å²) in [6.07, 6.45) is 1.71. The largest absolute Gasteiger partial charge is 0.326 e. The predicted octanol–water partition coefficient (Wildman–Crippen LogP) is -0.156. The van der Waals surface area contributed by atoms with Crippen LogP contribution in [-0.2, 0) is 13.6 Å². The van der Waals surface area contributed by atoms with Gasteiger partial charge in [0.25, 0.3) is 5.56 Å². The maximum absolute atomic E-state index is 11.1. The first kappa shape index (κ1) is 7.02. The number of rotatable bonds is 1. The summed E-state index contributed by atoms with van der Waals surface area (Å²) >= 11 is 0. The van der Waals surface area contributed by atoms with Crippen LogP contribution in [0, 0.1) is 0 Å². The van der Waals surface area contributed by atoms with Crippen LogP contribution in [0.1, 0.15) is 5.56 Å². The Balaban J connectivity index is 3.28. The van der Waals surface area contributed by atoms with Gasteiger partial charge in [0, 0.05) is 25.4 Å². The first-order chi connectivity index (χ1) is 4.75. The standard InChI is InChI=1S/C7H10N2O/c1-9-4-2-3-6(5-8)7(9)10/h2-4H,5,8H2,1H3. The molecule has 0 aromatic carbocycles. The quantitative estimate of drug-likeness (QED) is 0.586. The summed E-state index contributed by atoms with van der Waals surface area (Å²) in [6.45, 7) is 0.313. The van der Waals surface area contributed by atoms with Crippen molar-refractivity contribution in [2.24, 2.45) is 12.8 Å². The van der Waals surface area contributed by atoms with Crippen molar-refractivity contribution in [3.8, 4) is 0 Å². The molecule has 0 unspecified atom stereocenters. The zero-order chi connectivity index (χ0) is 7.56. The van der Waals surface area contributed by atoms with Crippen LogP contribution in [-0.4, -0.2) is 4.57 Å². The zero-order valence-corrected chi connectivity index (χ0v) is 5.87. The highest BCUT2D eigenvalue weighted by atomic mass is 16.1. The van der Waals surface area contributed by atoms with E-state index in [0.29, 0.717) is 12.1 Å². The van der Waals surface area contributed by atoms with Gasteiger partial charge >= 0.3 is 0 Å². The molecule has 1 heterocycles. The van der Waals surface area contributed by atoms with Crippen LogP contribution in [0.3, 0.4) is 0 Å². The van der Waals surface area contributed by atoms with Crippen LogP contribution in [0.25, 0.3) is 0 Å². The molecule has 54 valence electrons. The third kappa shape index (κ3) is 1.09. The Morgan fingerprint density at radius 3 is 2.90 bits per heavy atom. The SMILES string of the molecule is Cn1cccc(CN)c1=O. The van der Waals surface area contributed by atoms with Gasteiger partial charge in [-0.2, -0.15) is 0 Å². The van der Waals surface area contributed by atoms with Crippen LogP contribution in [0.2, 0.25) is 0 Å². The van der Waals surface area contributed by atoms with E-state index >= 15 is 0 Å². The first-order valence-electron chi connectivity index (χ1n) is 3.10. The van der Waals surface area contributed by atoms with Gasteiger partial charge in [-0.3, -0.25) is 4.79 Å². The molecular formula is C7H10N2O. The van der Waals surface area contributed by atoms with Crippen LogP contribution in [0.15, 0.2) is 23.1 Å². The lowest BCUT2D eigenvalue weighted by Crippen LogP contribution is -2.21. The van der Waals surface area contributed by atoms with Gasteiger partial charge in [-0.25, -0.2) is 0 Å². The Morgan fingerprint density at radius 1 is 1.70 bits per heavy atom. The maximum Gasteiger partial charge on any atom is 0.254 e. The molecule has 2 N–H and O–H groups in total. The van der Waals surface area contributed by atoms with E-state index in [1.54, 1.807) is 19.3 Å². The fourth-order valence-electron chi connectivity index (χ4n) is 0.809.